The molecule has 0 saturated heterocycles. The van der Waals surface area contributed by atoms with Gasteiger partial charge in [0.25, 0.3) is 0 Å². The van der Waals surface area contributed by atoms with E-state index in [-0.39, 0.29) is 12.3 Å². The van der Waals surface area contributed by atoms with Gasteiger partial charge in [-0.15, -0.1) is 0 Å². The summed E-state index contributed by atoms with van der Waals surface area (Å²) in [6.45, 7) is 2.47. The van der Waals surface area contributed by atoms with E-state index in [2.05, 4.69) is 10.3 Å². The topological polar surface area (TPSA) is 109 Å². The smallest absolute Gasteiger partial charge is 0.303 e. The van der Waals surface area contributed by atoms with Crippen LogP contribution >= 0.6 is 0 Å². The van der Waals surface area contributed by atoms with Crippen LogP contribution in [0.2, 0.25) is 0 Å². The number of carbonyl (C=O) groups is 1. The molecule has 2 aromatic heterocycles. The molecule has 3 N–H and O–H groups in total. The first-order valence-corrected chi connectivity index (χ1v) is 10.4. The number of nitrogens with zero attached hydrogens (tertiary/aromatic N) is 2. The summed E-state index contributed by atoms with van der Waals surface area (Å²) in [6, 6.07) is 13.8. The molecule has 0 aliphatic heterocycles. The molecule has 0 radical (unpaired) electrons. The Kier molecular flexibility index (Phi) is 6.11. The number of anilines is 1. The van der Waals surface area contributed by atoms with E-state index in [0.29, 0.717) is 36.1 Å². The number of H-pyrrole nitrogens is 1. The lowest BCUT2D eigenvalue weighted by Gasteiger charge is -2.14. The van der Waals surface area contributed by atoms with Crippen molar-refractivity contribution in [3.05, 3.63) is 53.9 Å². The van der Waals surface area contributed by atoms with Crippen molar-refractivity contribution >= 4 is 33.7 Å². The molecule has 8 heteroatoms. The average Bonchev–Trinajstić information content (AvgIpc) is 3.19. The second-order valence-corrected chi connectivity index (χ2v) is 7.70. The fraction of sp³-hybridized carbons (Fsp3) is 0.292. The zero-order valence-electron chi connectivity index (χ0n) is 18.3. The SMILES string of the molecule is COc1ccc(CNc2nc(C(C)CCC(=O)O)nc3[nH]c4ccccc4c23)cc1OC. The number of ether oxygens (including phenoxy) is 2. The van der Waals surface area contributed by atoms with E-state index in [0.717, 1.165) is 27.5 Å². The zero-order chi connectivity index (χ0) is 22.7. The van der Waals surface area contributed by atoms with Crippen LogP contribution in [0.3, 0.4) is 0 Å². The summed E-state index contributed by atoms with van der Waals surface area (Å²) < 4.78 is 10.7. The fourth-order valence-corrected chi connectivity index (χ4v) is 3.76. The summed E-state index contributed by atoms with van der Waals surface area (Å²) in [5.74, 6) is 1.74. The molecule has 166 valence electrons. The molecule has 0 spiro atoms. The number of fused-ring (bicyclic) bond motifs is 3. The Bertz CT molecular complexity index is 1270. The lowest BCUT2D eigenvalue weighted by molar-refractivity contribution is -0.137. The number of hydrogen-bond donors (Lipinski definition) is 3. The van der Waals surface area contributed by atoms with Gasteiger partial charge in [0.05, 0.1) is 19.6 Å². The average molecular weight is 434 g/mol. The minimum absolute atomic E-state index is 0.0731. The van der Waals surface area contributed by atoms with E-state index in [1.54, 1.807) is 14.2 Å². The van der Waals surface area contributed by atoms with Gasteiger partial charge in [0.1, 0.15) is 17.3 Å². The van der Waals surface area contributed by atoms with Crippen LogP contribution in [0, 0.1) is 0 Å². The number of carboxylic acids is 1. The van der Waals surface area contributed by atoms with Gasteiger partial charge in [-0.2, -0.15) is 0 Å². The number of benzene rings is 2. The Balaban J connectivity index is 1.71. The van der Waals surface area contributed by atoms with Gasteiger partial charge < -0.3 is 24.9 Å². The molecule has 0 saturated carbocycles. The summed E-state index contributed by atoms with van der Waals surface area (Å²) in [5, 5.41) is 14.4. The highest BCUT2D eigenvalue weighted by Crippen LogP contribution is 2.32. The van der Waals surface area contributed by atoms with Crippen LogP contribution in [-0.2, 0) is 11.3 Å². The molecule has 0 bridgehead atoms. The van der Waals surface area contributed by atoms with Gasteiger partial charge in [0, 0.05) is 29.8 Å². The van der Waals surface area contributed by atoms with Crippen LogP contribution in [0.1, 0.15) is 37.1 Å². The number of aromatic amines is 1. The van der Waals surface area contributed by atoms with Crippen molar-refractivity contribution in [1.29, 1.82) is 0 Å². The molecule has 2 aromatic carbocycles. The molecule has 0 amide bonds. The van der Waals surface area contributed by atoms with Crippen LogP contribution in [0.5, 0.6) is 11.5 Å². The Morgan fingerprint density at radius 1 is 1.12 bits per heavy atom. The number of hydrogen-bond acceptors (Lipinski definition) is 6. The van der Waals surface area contributed by atoms with E-state index >= 15 is 0 Å². The molecular formula is C24H26N4O4. The number of para-hydroxylation sites is 1. The Hall–Kier alpha value is -3.81. The maximum Gasteiger partial charge on any atom is 0.303 e. The first kappa shape index (κ1) is 21.4. The van der Waals surface area contributed by atoms with Crippen molar-refractivity contribution in [1.82, 2.24) is 15.0 Å². The summed E-state index contributed by atoms with van der Waals surface area (Å²) in [6.07, 6.45) is 0.542. The minimum atomic E-state index is -0.824. The molecular weight excluding hydrogens is 408 g/mol. The standard InChI is InChI=1S/C24H26N4O4/c1-14(8-11-20(29)30)22-27-23(21-16-6-4-5-7-17(16)26-24(21)28-22)25-13-15-9-10-18(31-2)19(12-15)32-3/h4-7,9-10,12,14H,8,11,13H2,1-3H3,(H,29,30)(H2,25,26,27,28). The molecule has 1 atom stereocenters. The maximum atomic E-state index is 11.0. The van der Waals surface area contributed by atoms with E-state index < -0.39 is 5.97 Å². The van der Waals surface area contributed by atoms with E-state index in [4.69, 9.17) is 24.5 Å². The molecule has 0 fully saturated rings. The first-order chi connectivity index (χ1) is 15.5. The van der Waals surface area contributed by atoms with Gasteiger partial charge in [-0.05, 0) is 30.2 Å². The van der Waals surface area contributed by atoms with Gasteiger partial charge in [0.15, 0.2) is 11.5 Å². The second-order valence-electron chi connectivity index (χ2n) is 7.70. The van der Waals surface area contributed by atoms with Crippen LogP contribution in [0.4, 0.5) is 5.82 Å². The normalized spacial score (nSPS) is 12.1. The molecule has 4 aromatic rings. The van der Waals surface area contributed by atoms with E-state index in [1.165, 1.54) is 0 Å². The lowest BCUT2D eigenvalue weighted by atomic mass is 10.0. The number of carboxylic acid groups (broad SMARTS) is 1. The Labute approximate surface area is 185 Å². The quantitative estimate of drug-likeness (QED) is 0.350. The van der Waals surface area contributed by atoms with Crippen LogP contribution in [0.15, 0.2) is 42.5 Å². The second kappa shape index (κ2) is 9.13. The van der Waals surface area contributed by atoms with Crippen molar-refractivity contribution in [2.75, 3.05) is 19.5 Å². The molecule has 1 unspecified atom stereocenters. The molecule has 0 aliphatic carbocycles. The van der Waals surface area contributed by atoms with Gasteiger partial charge in [-0.25, -0.2) is 9.97 Å². The lowest BCUT2D eigenvalue weighted by Crippen LogP contribution is -2.09. The van der Waals surface area contributed by atoms with Gasteiger partial charge in [-0.1, -0.05) is 31.2 Å². The number of rotatable bonds is 9. The molecule has 8 nitrogen and oxygen atoms in total. The van der Waals surface area contributed by atoms with Crippen molar-refractivity contribution < 1.29 is 19.4 Å². The predicted octanol–water partition coefficient (Wildman–Crippen LogP) is 4.71. The highest BCUT2D eigenvalue weighted by molar-refractivity contribution is 6.11. The van der Waals surface area contributed by atoms with Crippen LogP contribution < -0.4 is 14.8 Å². The molecule has 0 aliphatic rings. The summed E-state index contributed by atoms with van der Waals surface area (Å²) in [5.41, 5.74) is 2.71. The Morgan fingerprint density at radius 3 is 2.66 bits per heavy atom. The van der Waals surface area contributed by atoms with Crippen molar-refractivity contribution in [2.24, 2.45) is 0 Å². The summed E-state index contributed by atoms with van der Waals surface area (Å²) in [7, 11) is 3.22. The monoisotopic (exact) mass is 434 g/mol. The number of methoxy groups -OCH3 is 2. The fourth-order valence-electron chi connectivity index (χ4n) is 3.76. The number of aliphatic carboxylic acids is 1. The zero-order valence-corrected chi connectivity index (χ0v) is 18.3. The maximum absolute atomic E-state index is 11.0. The molecule has 4 rings (SSSR count). The Morgan fingerprint density at radius 2 is 1.91 bits per heavy atom. The van der Waals surface area contributed by atoms with E-state index in [1.807, 2.05) is 49.4 Å². The molecule has 2 heterocycles. The van der Waals surface area contributed by atoms with Crippen LogP contribution in [-0.4, -0.2) is 40.2 Å². The molecule has 32 heavy (non-hydrogen) atoms. The van der Waals surface area contributed by atoms with Crippen LogP contribution in [0.25, 0.3) is 21.9 Å². The summed E-state index contributed by atoms with van der Waals surface area (Å²) in [4.78, 5) is 23.9. The summed E-state index contributed by atoms with van der Waals surface area (Å²) >= 11 is 0. The highest BCUT2D eigenvalue weighted by Gasteiger charge is 2.18. The van der Waals surface area contributed by atoms with Crippen molar-refractivity contribution in [3.8, 4) is 11.5 Å². The predicted molar refractivity (Wildman–Crippen MR) is 124 cm³/mol. The highest BCUT2D eigenvalue weighted by atomic mass is 16.5. The third-order valence-electron chi connectivity index (χ3n) is 5.52. The van der Waals surface area contributed by atoms with Gasteiger partial charge >= 0.3 is 5.97 Å². The first-order valence-electron chi connectivity index (χ1n) is 10.4. The third-order valence-corrected chi connectivity index (χ3v) is 5.52. The number of aromatic nitrogens is 3. The largest absolute Gasteiger partial charge is 0.493 e. The number of nitrogens with one attached hydrogen (secondary N) is 2. The van der Waals surface area contributed by atoms with Gasteiger partial charge in [-0.3, -0.25) is 4.79 Å². The van der Waals surface area contributed by atoms with E-state index in [9.17, 15) is 4.79 Å². The van der Waals surface area contributed by atoms with Gasteiger partial charge in [0.2, 0.25) is 0 Å². The van der Waals surface area contributed by atoms with Crippen molar-refractivity contribution in [2.45, 2.75) is 32.2 Å². The minimum Gasteiger partial charge on any atom is -0.493 e. The third kappa shape index (κ3) is 4.30. The van der Waals surface area contributed by atoms with Crippen molar-refractivity contribution in [3.63, 3.8) is 0 Å².